The summed E-state index contributed by atoms with van der Waals surface area (Å²) in [4.78, 5) is 55.7. The van der Waals surface area contributed by atoms with Crippen LogP contribution >= 0.6 is 0 Å². The molecular formula is C34H41F3N6O4. The summed E-state index contributed by atoms with van der Waals surface area (Å²) in [5, 5.41) is 16.4. The van der Waals surface area contributed by atoms with E-state index in [0.29, 0.717) is 44.6 Å². The highest BCUT2D eigenvalue weighted by Gasteiger charge is 2.44. The van der Waals surface area contributed by atoms with Crippen molar-refractivity contribution >= 4 is 29.3 Å². The van der Waals surface area contributed by atoms with Gasteiger partial charge in [-0.15, -0.1) is 0 Å². The van der Waals surface area contributed by atoms with Gasteiger partial charge in [0.1, 0.15) is 17.9 Å². The lowest BCUT2D eigenvalue weighted by Gasteiger charge is -2.34. The third-order valence-corrected chi connectivity index (χ3v) is 8.85. The van der Waals surface area contributed by atoms with Crippen LogP contribution in [0.5, 0.6) is 0 Å². The molecule has 2 aliphatic rings. The van der Waals surface area contributed by atoms with Gasteiger partial charge in [-0.05, 0) is 55.6 Å². The minimum absolute atomic E-state index is 0.0211. The lowest BCUT2D eigenvalue weighted by atomic mass is 9.83. The lowest BCUT2D eigenvalue weighted by Crippen LogP contribution is -2.54. The van der Waals surface area contributed by atoms with Crippen molar-refractivity contribution in [1.82, 2.24) is 20.4 Å². The number of carbonyl (C=O) groups excluding carboxylic acids is 4. The van der Waals surface area contributed by atoms with Crippen LogP contribution in [-0.2, 0) is 31.5 Å². The molecule has 0 radical (unpaired) electrons. The molecule has 1 aliphatic heterocycles. The molecule has 10 nitrogen and oxygen atoms in total. The second-order valence-electron chi connectivity index (χ2n) is 12.2. The zero-order valence-electron chi connectivity index (χ0n) is 26.7. The maximum atomic E-state index is 15.4. The van der Waals surface area contributed by atoms with Crippen LogP contribution in [0, 0.1) is 23.1 Å². The fourth-order valence-electron chi connectivity index (χ4n) is 5.96. The molecule has 0 aromatic heterocycles. The summed E-state index contributed by atoms with van der Waals surface area (Å²) in [7, 11) is 1.96. The van der Waals surface area contributed by atoms with E-state index in [9.17, 15) is 19.2 Å². The molecule has 1 aliphatic carbocycles. The van der Waals surface area contributed by atoms with Crippen LogP contribution in [-0.4, -0.2) is 78.7 Å². The predicted molar refractivity (Wildman–Crippen MR) is 169 cm³/mol. The molecule has 3 N–H and O–H groups in total. The molecule has 1 saturated carbocycles. The number of alkyl halides is 2. The number of anilines is 1. The SMILES string of the molecule is CCC(=O)NC(Cc1ccc(NC(=O)C(NC(=O)C(F)(F)c2ccc(C#N)cc2)C2CCCCC2)c(F)c1)C(=O)N1CCN(C)CC1. The minimum Gasteiger partial charge on any atom is -0.344 e. The first-order valence-corrected chi connectivity index (χ1v) is 16.0. The molecule has 4 rings (SSSR count). The van der Waals surface area contributed by atoms with E-state index in [1.807, 2.05) is 13.1 Å². The van der Waals surface area contributed by atoms with E-state index in [1.54, 1.807) is 11.8 Å². The number of halogens is 3. The Balaban J connectivity index is 1.49. The minimum atomic E-state index is -3.99. The van der Waals surface area contributed by atoms with Gasteiger partial charge in [-0.3, -0.25) is 19.2 Å². The summed E-state index contributed by atoms with van der Waals surface area (Å²) in [6, 6.07) is 7.90. The quantitative estimate of drug-likeness (QED) is 0.339. The molecular weight excluding hydrogens is 613 g/mol. The number of hydrogen-bond donors (Lipinski definition) is 3. The van der Waals surface area contributed by atoms with Gasteiger partial charge in [0.2, 0.25) is 17.7 Å². The average molecular weight is 655 g/mol. The first-order valence-electron chi connectivity index (χ1n) is 16.0. The van der Waals surface area contributed by atoms with Crippen molar-refractivity contribution in [3.63, 3.8) is 0 Å². The van der Waals surface area contributed by atoms with E-state index in [-0.39, 0.29) is 35.9 Å². The largest absolute Gasteiger partial charge is 0.349 e. The second-order valence-corrected chi connectivity index (χ2v) is 12.2. The molecule has 2 atom stereocenters. The third kappa shape index (κ3) is 9.10. The normalized spacial score (nSPS) is 17.2. The summed E-state index contributed by atoms with van der Waals surface area (Å²) in [5.41, 5.74) is -0.283. The topological polar surface area (TPSA) is 135 Å². The summed E-state index contributed by atoms with van der Waals surface area (Å²) in [6.07, 6.45) is 3.65. The number of nitrogens with zero attached hydrogens (tertiary/aromatic N) is 3. The van der Waals surface area contributed by atoms with Crippen LogP contribution in [0.3, 0.4) is 0 Å². The van der Waals surface area contributed by atoms with Crippen molar-refractivity contribution in [2.45, 2.75) is 69.9 Å². The zero-order valence-corrected chi connectivity index (χ0v) is 26.7. The van der Waals surface area contributed by atoms with E-state index >= 15 is 13.2 Å². The lowest BCUT2D eigenvalue weighted by molar-refractivity contribution is -0.149. The monoisotopic (exact) mass is 654 g/mol. The number of amides is 4. The maximum absolute atomic E-state index is 15.4. The van der Waals surface area contributed by atoms with Gasteiger partial charge in [0.15, 0.2) is 0 Å². The van der Waals surface area contributed by atoms with Crippen LogP contribution in [0.25, 0.3) is 0 Å². The Hall–Kier alpha value is -4.44. The van der Waals surface area contributed by atoms with Crippen molar-refractivity contribution in [1.29, 1.82) is 5.26 Å². The van der Waals surface area contributed by atoms with E-state index < -0.39 is 47.1 Å². The highest BCUT2D eigenvalue weighted by molar-refractivity contribution is 5.98. The average Bonchev–Trinajstić information content (AvgIpc) is 3.08. The zero-order chi connectivity index (χ0) is 34.1. The van der Waals surface area contributed by atoms with Gasteiger partial charge in [0.05, 0.1) is 17.3 Å². The molecule has 2 fully saturated rings. The van der Waals surface area contributed by atoms with E-state index in [0.717, 1.165) is 37.5 Å². The third-order valence-electron chi connectivity index (χ3n) is 8.85. The molecule has 2 aromatic carbocycles. The van der Waals surface area contributed by atoms with Crippen molar-refractivity contribution in [3.05, 3.63) is 65.0 Å². The summed E-state index contributed by atoms with van der Waals surface area (Å²) in [5.74, 6) is -8.32. The number of likely N-dealkylation sites (N-methyl/N-ethyl adjacent to an activating group) is 1. The Bertz CT molecular complexity index is 1480. The van der Waals surface area contributed by atoms with Crippen molar-refractivity contribution < 1.29 is 32.3 Å². The Morgan fingerprint density at radius 3 is 2.23 bits per heavy atom. The molecule has 1 saturated heterocycles. The van der Waals surface area contributed by atoms with Gasteiger partial charge in [0, 0.05) is 44.6 Å². The molecule has 0 bridgehead atoms. The Labute approximate surface area is 272 Å². The van der Waals surface area contributed by atoms with Crippen LogP contribution in [0.1, 0.15) is 62.1 Å². The summed E-state index contributed by atoms with van der Waals surface area (Å²) >= 11 is 0. The van der Waals surface area contributed by atoms with Crippen LogP contribution < -0.4 is 16.0 Å². The van der Waals surface area contributed by atoms with E-state index in [1.165, 1.54) is 24.3 Å². The highest BCUT2D eigenvalue weighted by atomic mass is 19.3. The molecule has 252 valence electrons. The second kappa shape index (κ2) is 15.9. The predicted octanol–water partition coefficient (Wildman–Crippen LogP) is 3.70. The van der Waals surface area contributed by atoms with Gasteiger partial charge in [-0.1, -0.05) is 44.4 Å². The van der Waals surface area contributed by atoms with Gasteiger partial charge >= 0.3 is 5.92 Å². The maximum Gasteiger partial charge on any atom is 0.349 e. The smallest absolute Gasteiger partial charge is 0.344 e. The summed E-state index contributed by atoms with van der Waals surface area (Å²) in [6.45, 7) is 4.06. The van der Waals surface area contributed by atoms with Crippen molar-refractivity contribution in [3.8, 4) is 6.07 Å². The van der Waals surface area contributed by atoms with Crippen LogP contribution in [0.15, 0.2) is 42.5 Å². The molecule has 2 aromatic rings. The van der Waals surface area contributed by atoms with Crippen molar-refractivity contribution in [2.24, 2.45) is 5.92 Å². The molecule has 47 heavy (non-hydrogen) atoms. The molecule has 4 amide bonds. The fraction of sp³-hybridized carbons (Fsp3) is 0.500. The number of nitrogens with one attached hydrogen (secondary N) is 3. The van der Waals surface area contributed by atoms with Gasteiger partial charge in [0.25, 0.3) is 5.91 Å². The first kappa shape index (κ1) is 35.4. The number of carbonyl (C=O) groups is 4. The number of piperazine rings is 1. The standard InChI is InChI=1S/C34H41F3N6O4/c1-3-29(44)39-28(32(46)43-17-15-42(2)16-18-43)20-23-11-14-27(26(35)19-23)40-31(45)30(24-7-5-4-6-8-24)41-33(47)34(36,37)25-12-9-22(21-38)10-13-25/h9-14,19,24,28,30H,3-8,15-18,20H2,1-2H3,(H,39,44)(H,40,45)(H,41,47). The van der Waals surface area contributed by atoms with Crippen LogP contribution in [0.4, 0.5) is 18.9 Å². The molecule has 13 heteroatoms. The van der Waals surface area contributed by atoms with E-state index in [2.05, 4.69) is 20.9 Å². The highest BCUT2D eigenvalue weighted by Crippen LogP contribution is 2.32. The number of rotatable bonds is 11. The van der Waals surface area contributed by atoms with Crippen LogP contribution in [0.2, 0.25) is 0 Å². The Morgan fingerprint density at radius 1 is 0.979 bits per heavy atom. The fourth-order valence-corrected chi connectivity index (χ4v) is 5.96. The van der Waals surface area contributed by atoms with Gasteiger partial charge in [-0.25, -0.2) is 4.39 Å². The molecule has 1 heterocycles. The van der Waals surface area contributed by atoms with Gasteiger partial charge < -0.3 is 25.8 Å². The van der Waals surface area contributed by atoms with E-state index in [4.69, 9.17) is 5.26 Å². The van der Waals surface area contributed by atoms with Gasteiger partial charge in [-0.2, -0.15) is 14.0 Å². The number of nitriles is 1. The van der Waals surface area contributed by atoms with Crippen molar-refractivity contribution in [2.75, 3.05) is 38.5 Å². The number of hydrogen-bond acceptors (Lipinski definition) is 6. The molecule has 2 unspecified atom stereocenters. The number of benzene rings is 2. The first-order chi connectivity index (χ1) is 22.4. The Kier molecular flexibility index (Phi) is 12.0. The molecule has 0 spiro atoms. The Morgan fingerprint density at radius 2 is 1.64 bits per heavy atom. The summed E-state index contributed by atoms with van der Waals surface area (Å²) < 4.78 is 45.7.